The SMILES string of the molecule is CN(CC(=O)OCC(=O)Nc1cc([N+](=O)[O-])ccc1Cl)c1ccc(Cl)nn1. The Labute approximate surface area is 163 Å². The first-order valence-corrected chi connectivity index (χ1v) is 8.11. The molecule has 142 valence electrons. The van der Waals surface area contributed by atoms with Gasteiger partial charge in [-0.1, -0.05) is 23.2 Å². The standard InChI is InChI=1S/C15H13Cl2N5O5/c1-21(13-5-4-12(17)19-20-13)7-15(24)27-8-14(23)18-11-6-9(22(25)26)2-3-10(11)16/h2-6H,7-8H2,1H3,(H,18,23). The van der Waals surface area contributed by atoms with Crippen LogP contribution in [-0.4, -0.2) is 47.2 Å². The number of nitro benzene ring substituents is 1. The lowest BCUT2D eigenvalue weighted by atomic mass is 10.3. The van der Waals surface area contributed by atoms with Crippen LogP contribution >= 0.6 is 23.2 Å². The number of hydrogen-bond acceptors (Lipinski definition) is 8. The summed E-state index contributed by atoms with van der Waals surface area (Å²) in [5, 5.41) is 20.9. The third-order valence-corrected chi connectivity index (χ3v) is 3.71. The monoisotopic (exact) mass is 413 g/mol. The van der Waals surface area contributed by atoms with Crippen LogP contribution in [0.3, 0.4) is 0 Å². The van der Waals surface area contributed by atoms with E-state index < -0.39 is 23.4 Å². The Hall–Kier alpha value is -2.98. The molecule has 0 spiro atoms. The van der Waals surface area contributed by atoms with E-state index in [1.54, 1.807) is 13.1 Å². The summed E-state index contributed by atoms with van der Waals surface area (Å²) in [4.78, 5) is 35.3. The molecule has 1 aromatic heterocycles. The number of non-ortho nitro benzene ring substituents is 1. The molecular formula is C15H13Cl2N5O5. The minimum atomic E-state index is -0.695. The normalized spacial score (nSPS) is 10.2. The lowest BCUT2D eigenvalue weighted by Gasteiger charge is -2.16. The second kappa shape index (κ2) is 9.10. The first kappa shape index (κ1) is 20.3. The highest BCUT2D eigenvalue weighted by atomic mass is 35.5. The number of nitro groups is 1. The zero-order chi connectivity index (χ0) is 20.0. The number of anilines is 2. The van der Waals surface area contributed by atoms with Gasteiger partial charge in [0.25, 0.3) is 11.6 Å². The van der Waals surface area contributed by atoms with Crippen LogP contribution in [0.1, 0.15) is 0 Å². The maximum atomic E-state index is 11.9. The maximum absolute atomic E-state index is 11.9. The molecule has 0 aliphatic rings. The summed E-state index contributed by atoms with van der Waals surface area (Å²) in [6.07, 6.45) is 0. The highest BCUT2D eigenvalue weighted by Gasteiger charge is 2.15. The van der Waals surface area contributed by atoms with E-state index in [4.69, 9.17) is 27.9 Å². The first-order valence-electron chi connectivity index (χ1n) is 7.36. The van der Waals surface area contributed by atoms with Gasteiger partial charge in [0.2, 0.25) is 0 Å². The van der Waals surface area contributed by atoms with Crippen LogP contribution in [0.2, 0.25) is 10.2 Å². The van der Waals surface area contributed by atoms with Crippen molar-refractivity contribution in [1.29, 1.82) is 0 Å². The van der Waals surface area contributed by atoms with Crippen molar-refractivity contribution in [3.8, 4) is 0 Å². The number of benzene rings is 1. The fourth-order valence-electron chi connectivity index (χ4n) is 1.89. The number of hydrogen-bond donors (Lipinski definition) is 1. The molecule has 0 fully saturated rings. The average molecular weight is 414 g/mol. The highest BCUT2D eigenvalue weighted by molar-refractivity contribution is 6.33. The Morgan fingerprint density at radius 2 is 2.00 bits per heavy atom. The molecule has 0 saturated carbocycles. The number of esters is 1. The molecule has 2 rings (SSSR count). The van der Waals surface area contributed by atoms with E-state index in [-0.39, 0.29) is 28.1 Å². The molecule has 0 unspecified atom stereocenters. The van der Waals surface area contributed by atoms with E-state index in [0.29, 0.717) is 5.82 Å². The molecule has 0 atom stereocenters. The number of nitrogens with one attached hydrogen (secondary N) is 1. The van der Waals surface area contributed by atoms with Crippen LogP contribution < -0.4 is 10.2 Å². The van der Waals surface area contributed by atoms with Crippen molar-refractivity contribution in [1.82, 2.24) is 10.2 Å². The van der Waals surface area contributed by atoms with Crippen molar-refractivity contribution in [2.75, 3.05) is 30.4 Å². The number of carbonyl (C=O) groups is 2. The number of ether oxygens (including phenoxy) is 1. The largest absolute Gasteiger partial charge is 0.454 e. The van der Waals surface area contributed by atoms with Gasteiger partial charge < -0.3 is 15.0 Å². The number of carbonyl (C=O) groups excluding carboxylic acids is 2. The molecule has 2 aromatic rings. The van der Waals surface area contributed by atoms with Gasteiger partial charge in [-0.3, -0.25) is 19.7 Å². The van der Waals surface area contributed by atoms with Crippen LogP contribution in [0.15, 0.2) is 30.3 Å². The molecule has 1 heterocycles. The molecule has 0 aliphatic carbocycles. The fraction of sp³-hybridized carbons (Fsp3) is 0.200. The molecule has 0 radical (unpaired) electrons. The molecule has 10 nitrogen and oxygen atoms in total. The minimum Gasteiger partial charge on any atom is -0.454 e. The van der Waals surface area contributed by atoms with Gasteiger partial charge >= 0.3 is 5.97 Å². The Morgan fingerprint density at radius 1 is 1.26 bits per heavy atom. The lowest BCUT2D eigenvalue weighted by molar-refractivity contribution is -0.384. The zero-order valence-corrected chi connectivity index (χ0v) is 15.4. The quantitative estimate of drug-likeness (QED) is 0.415. The van der Waals surface area contributed by atoms with Crippen LogP contribution in [0.25, 0.3) is 0 Å². The van der Waals surface area contributed by atoms with Gasteiger partial charge in [0.05, 0.1) is 15.6 Å². The molecule has 1 amide bonds. The predicted octanol–water partition coefficient (Wildman–Crippen LogP) is 2.31. The van der Waals surface area contributed by atoms with Gasteiger partial charge in [0.15, 0.2) is 17.6 Å². The van der Waals surface area contributed by atoms with E-state index in [1.807, 2.05) is 0 Å². The molecular weight excluding hydrogens is 401 g/mol. The highest BCUT2D eigenvalue weighted by Crippen LogP contribution is 2.26. The molecule has 0 aliphatic heterocycles. The fourth-order valence-corrected chi connectivity index (χ4v) is 2.15. The van der Waals surface area contributed by atoms with Crippen LogP contribution in [0, 0.1) is 10.1 Å². The van der Waals surface area contributed by atoms with Gasteiger partial charge in [0, 0.05) is 19.2 Å². The van der Waals surface area contributed by atoms with E-state index in [1.165, 1.54) is 23.1 Å². The Kier molecular flexibility index (Phi) is 6.85. The molecule has 1 aromatic carbocycles. The number of likely N-dealkylation sites (N-methyl/N-ethyl adjacent to an activating group) is 1. The van der Waals surface area contributed by atoms with Crippen molar-refractivity contribution >= 4 is 52.3 Å². The minimum absolute atomic E-state index is 0.0421. The summed E-state index contributed by atoms with van der Waals surface area (Å²) in [6, 6.07) is 6.67. The van der Waals surface area contributed by atoms with Gasteiger partial charge in [-0.25, -0.2) is 0 Å². The van der Waals surface area contributed by atoms with Crippen LogP contribution in [0.5, 0.6) is 0 Å². The van der Waals surface area contributed by atoms with Crippen molar-refractivity contribution in [3.05, 3.63) is 50.6 Å². The van der Waals surface area contributed by atoms with E-state index in [2.05, 4.69) is 15.5 Å². The maximum Gasteiger partial charge on any atom is 0.326 e. The molecule has 27 heavy (non-hydrogen) atoms. The Balaban J connectivity index is 1.86. The molecule has 0 saturated heterocycles. The van der Waals surface area contributed by atoms with Gasteiger partial charge in [-0.05, 0) is 18.2 Å². The Morgan fingerprint density at radius 3 is 2.63 bits per heavy atom. The predicted molar refractivity (Wildman–Crippen MR) is 98.0 cm³/mol. The van der Waals surface area contributed by atoms with Crippen molar-refractivity contribution in [2.45, 2.75) is 0 Å². The van der Waals surface area contributed by atoms with Gasteiger partial charge in [0.1, 0.15) is 6.54 Å². The average Bonchev–Trinajstić information content (AvgIpc) is 2.62. The molecule has 12 heteroatoms. The third-order valence-electron chi connectivity index (χ3n) is 3.17. The smallest absolute Gasteiger partial charge is 0.326 e. The summed E-state index contributed by atoms with van der Waals surface area (Å²) in [5.74, 6) is -0.988. The number of aromatic nitrogens is 2. The molecule has 1 N–H and O–H groups in total. The zero-order valence-electron chi connectivity index (χ0n) is 13.9. The second-order valence-electron chi connectivity index (χ2n) is 5.20. The van der Waals surface area contributed by atoms with Gasteiger partial charge in [-0.2, -0.15) is 0 Å². The van der Waals surface area contributed by atoms with Gasteiger partial charge in [-0.15, -0.1) is 10.2 Å². The molecule has 0 bridgehead atoms. The summed E-state index contributed by atoms with van der Waals surface area (Å²) < 4.78 is 4.87. The number of amides is 1. The van der Waals surface area contributed by atoms with Crippen LogP contribution in [-0.2, 0) is 14.3 Å². The summed E-state index contributed by atoms with van der Waals surface area (Å²) in [7, 11) is 1.59. The Bertz CT molecular complexity index is 862. The number of rotatable bonds is 7. The second-order valence-corrected chi connectivity index (χ2v) is 5.99. The summed E-state index contributed by atoms with van der Waals surface area (Å²) in [5.41, 5.74) is -0.196. The summed E-state index contributed by atoms with van der Waals surface area (Å²) >= 11 is 11.5. The van der Waals surface area contributed by atoms with Crippen molar-refractivity contribution in [3.63, 3.8) is 0 Å². The topological polar surface area (TPSA) is 128 Å². The van der Waals surface area contributed by atoms with Crippen LogP contribution in [0.4, 0.5) is 17.2 Å². The van der Waals surface area contributed by atoms with Crippen molar-refractivity contribution < 1.29 is 19.2 Å². The number of halogens is 2. The first-order chi connectivity index (χ1) is 12.8. The number of nitrogens with zero attached hydrogens (tertiary/aromatic N) is 4. The third kappa shape index (κ3) is 6.04. The lowest BCUT2D eigenvalue weighted by Crippen LogP contribution is -2.30. The van der Waals surface area contributed by atoms with Crippen molar-refractivity contribution in [2.24, 2.45) is 0 Å². The summed E-state index contributed by atoms with van der Waals surface area (Å²) in [6.45, 7) is -0.765. The van der Waals surface area contributed by atoms with E-state index in [0.717, 1.165) is 6.07 Å². The van der Waals surface area contributed by atoms with E-state index >= 15 is 0 Å². The van der Waals surface area contributed by atoms with E-state index in [9.17, 15) is 19.7 Å².